The van der Waals surface area contributed by atoms with E-state index in [0.29, 0.717) is 19.1 Å². The molecule has 0 aromatic rings. The van der Waals surface area contributed by atoms with E-state index >= 15 is 0 Å². The third kappa shape index (κ3) is 5.88. The number of amides is 1. The van der Waals surface area contributed by atoms with Gasteiger partial charge in [-0.3, -0.25) is 4.79 Å². The number of nitrogens with one attached hydrogen (secondary N) is 2. The average molecular weight is 372 g/mol. The van der Waals surface area contributed by atoms with Crippen molar-refractivity contribution in [1.29, 1.82) is 0 Å². The zero-order chi connectivity index (χ0) is 15.3. The number of nitrogens with zero attached hydrogens (tertiary/aromatic N) is 1. The summed E-state index contributed by atoms with van der Waals surface area (Å²) in [7, 11) is -3.23. The Morgan fingerprint density at radius 1 is 1.36 bits per heavy atom. The van der Waals surface area contributed by atoms with Crippen LogP contribution in [-0.2, 0) is 14.8 Å². The predicted molar refractivity (Wildman–Crippen MR) is 93.1 cm³/mol. The molecule has 9 heteroatoms. The van der Waals surface area contributed by atoms with Gasteiger partial charge in [0.1, 0.15) is 0 Å². The van der Waals surface area contributed by atoms with Gasteiger partial charge in [-0.15, -0.1) is 12.4 Å². The number of piperidine rings is 1. The molecule has 0 radical (unpaired) electrons. The monoisotopic (exact) mass is 371 g/mol. The van der Waals surface area contributed by atoms with Gasteiger partial charge >= 0.3 is 0 Å². The van der Waals surface area contributed by atoms with Crippen molar-refractivity contribution >= 4 is 40.1 Å². The third-order valence-electron chi connectivity index (χ3n) is 4.02. The van der Waals surface area contributed by atoms with E-state index in [-0.39, 0.29) is 36.5 Å². The Morgan fingerprint density at radius 3 is 2.68 bits per heavy atom. The Balaban J connectivity index is 0.00000242. The van der Waals surface area contributed by atoms with Gasteiger partial charge in [0.25, 0.3) is 0 Å². The maximum absolute atomic E-state index is 12.2. The zero-order valence-electron chi connectivity index (χ0n) is 12.9. The van der Waals surface area contributed by atoms with Crippen molar-refractivity contribution < 1.29 is 13.2 Å². The van der Waals surface area contributed by atoms with Gasteiger partial charge in [-0.05, 0) is 26.3 Å². The molecule has 2 aliphatic rings. The molecule has 2 atom stereocenters. The first-order valence-electron chi connectivity index (χ1n) is 7.56. The number of thioether (sulfide) groups is 1. The molecule has 0 aromatic heterocycles. The lowest BCUT2D eigenvalue weighted by molar-refractivity contribution is -0.125. The second-order valence-corrected chi connectivity index (χ2v) is 9.01. The van der Waals surface area contributed by atoms with Crippen LogP contribution in [0.3, 0.4) is 0 Å². The molecule has 2 saturated heterocycles. The van der Waals surface area contributed by atoms with E-state index in [1.165, 1.54) is 0 Å². The number of halogens is 1. The quantitative estimate of drug-likeness (QED) is 0.726. The second kappa shape index (κ2) is 9.32. The maximum Gasteiger partial charge on any atom is 0.223 e. The Hall–Kier alpha value is -0.0200. The highest BCUT2D eigenvalue weighted by Gasteiger charge is 2.26. The molecule has 0 unspecified atom stereocenters. The fraction of sp³-hybridized carbons (Fsp3) is 0.923. The van der Waals surface area contributed by atoms with Crippen LogP contribution in [0.1, 0.15) is 19.8 Å². The Kier molecular flexibility index (Phi) is 8.48. The first kappa shape index (κ1) is 20.0. The molecule has 0 saturated carbocycles. The molecule has 22 heavy (non-hydrogen) atoms. The van der Waals surface area contributed by atoms with Crippen LogP contribution in [0.25, 0.3) is 0 Å². The van der Waals surface area contributed by atoms with Gasteiger partial charge in [-0.1, -0.05) is 0 Å². The van der Waals surface area contributed by atoms with E-state index in [0.717, 1.165) is 30.9 Å². The SMILES string of the molecule is C[C@H]1C[C@@H](C(=O)NCCS(=O)(=O)N2CCSCC2)CCN1.Cl. The number of hydrogen-bond acceptors (Lipinski definition) is 5. The summed E-state index contributed by atoms with van der Waals surface area (Å²) in [5, 5.41) is 6.10. The fourth-order valence-electron chi connectivity index (χ4n) is 2.77. The lowest BCUT2D eigenvalue weighted by atomic mass is 9.92. The van der Waals surface area contributed by atoms with Crippen molar-refractivity contribution in [2.75, 3.05) is 43.4 Å². The summed E-state index contributed by atoms with van der Waals surface area (Å²) < 4.78 is 25.8. The van der Waals surface area contributed by atoms with E-state index in [4.69, 9.17) is 0 Å². The van der Waals surface area contributed by atoms with Gasteiger partial charge < -0.3 is 10.6 Å². The third-order valence-corrected chi connectivity index (χ3v) is 6.83. The summed E-state index contributed by atoms with van der Waals surface area (Å²) in [6.45, 7) is 4.31. The molecule has 2 N–H and O–H groups in total. The number of hydrogen-bond donors (Lipinski definition) is 2. The van der Waals surface area contributed by atoms with Crippen molar-refractivity contribution in [2.45, 2.75) is 25.8 Å². The van der Waals surface area contributed by atoms with Crippen LogP contribution in [-0.4, -0.2) is 68.1 Å². The van der Waals surface area contributed by atoms with Crippen molar-refractivity contribution in [2.24, 2.45) is 5.92 Å². The van der Waals surface area contributed by atoms with Crippen LogP contribution in [0.2, 0.25) is 0 Å². The molecule has 130 valence electrons. The minimum atomic E-state index is -3.23. The smallest absolute Gasteiger partial charge is 0.223 e. The predicted octanol–water partition coefficient (Wildman–Crippen LogP) is 0.291. The zero-order valence-corrected chi connectivity index (χ0v) is 15.4. The normalized spacial score (nSPS) is 27.0. The van der Waals surface area contributed by atoms with Crippen molar-refractivity contribution in [3.8, 4) is 0 Å². The van der Waals surface area contributed by atoms with Gasteiger partial charge in [0, 0.05) is 43.1 Å². The van der Waals surface area contributed by atoms with E-state index in [2.05, 4.69) is 17.6 Å². The Labute approximate surface area is 143 Å². The van der Waals surface area contributed by atoms with Crippen LogP contribution < -0.4 is 10.6 Å². The summed E-state index contributed by atoms with van der Waals surface area (Å²) in [4.78, 5) is 12.1. The second-order valence-electron chi connectivity index (χ2n) is 5.69. The maximum atomic E-state index is 12.2. The lowest BCUT2D eigenvalue weighted by Crippen LogP contribution is -2.45. The van der Waals surface area contributed by atoms with Gasteiger partial charge in [0.05, 0.1) is 5.75 Å². The number of carbonyl (C=O) groups is 1. The summed E-state index contributed by atoms with van der Waals surface area (Å²) in [5.41, 5.74) is 0. The molecule has 0 spiro atoms. The highest BCUT2D eigenvalue weighted by atomic mass is 35.5. The molecular formula is C13H26ClN3O3S2. The standard InChI is InChI=1S/C13H25N3O3S2.ClH/c1-11-10-12(2-3-14-11)13(17)15-4-9-21(18,19)16-5-7-20-8-6-16;/h11-12,14H,2-10H2,1H3,(H,15,17);1H/t11-,12-;/m0./s1. The van der Waals surface area contributed by atoms with E-state index < -0.39 is 10.0 Å². The lowest BCUT2D eigenvalue weighted by Gasteiger charge is -2.28. The Bertz CT molecular complexity index is 455. The largest absolute Gasteiger partial charge is 0.355 e. The minimum absolute atomic E-state index is 0. The van der Waals surface area contributed by atoms with E-state index in [1.54, 1.807) is 16.1 Å². The molecule has 6 nitrogen and oxygen atoms in total. The number of sulfonamides is 1. The molecule has 1 amide bonds. The molecule has 2 heterocycles. The first-order valence-corrected chi connectivity index (χ1v) is 10.3. The first-order chi connectivity index (χ1) is 9.99. The summed E-state index contributed by atoms with van der Waals surface area (Å²) in [6, 6.07) is 0.351. The summed E-state index contributed by atoms with van der Waals surface area (Å²) in [5.74, 6) is 1.73. The fourth-order valence-corrected chi connectivity index (χ4v) is 5.26. The molecule has 2 aliphatic heterocycles. The van der Waals surface area contributed by atoms with Crippen molar-refractivity contribution in [3.63, 3.8) is 0 Å². The van der Waals surface area contributed by atoms with Gasteiger partial charge in [-0.25, -0.2) is 12.7 Å². The number of rotatable bonds is 5. The highest BCUT2D eigenvalue weighted by Crippen LogP contribution is 2.16. The summed E-state index contributed by atoms with van der Waals surface area (Å²) in [6.07, 6.45) is 1.65. The average Bonchev–Trinajstić information content (AvgIpc) is 2.48. The molecule has 2 rings (SSSR count). The summed E-state index contributed by atoms with van der Waals surface area (Å²) >= 11 is 1.78. The van der Waals surface area contributed by atoms with Crippen LogP contribution in [0.5, 0.6) is 0 Å². The Morgan fingerprint density at radius 2 is 2.05 bits per heavy atom. The molecule has 0 bridgehead atoms. The van der Waals surface area contributed by atoms with Crippen molar-refractivity contribution in [1.82, 2.24) is 14.9 Å². The van der Waals surface area contributed by atoms with E-state index in [9.17, 15) is 13.2 Å². The van der Waals surface area contributed by atoms with E-state index in [1.807, 2.05) is 0 Å². The van der Waals surface area contributed by atoms with Crippen LogP contribution in [0.15, 0.2) is 0 Å². The van der Waals surface area contributed by atoms with Crippen LogP contribution in [0, 0.1) is 5.92 Å². The van der Waals surface area contributed by atoms with Gasteiger partial charge in [-0.2, -0.15) is 11.8 Å². The van der Waals surface area contributed by atoms with Crippen LogP contribution in [0.4, 0.5) is 0 Å². The van der Waals surface area contributed by atoms with Crippen LogP contribution >= 0.6 is 24.2 Å². The number of carbonyl (C=O) groups excluding carboxylic acids is 1. The highest BCUT2D eigenvalue weighted by molar-refractivity contribution is 7.99. The minimum Gasteiger partial charge on any atom is -0.355 e. The molecular weight excluding hydrogens is 346 g/mol. The topological polar surface area (TPSA) is 78.5 Å². The van der Waals surface area contributed by atoms with Gasteiger partial charge in [0.2, 0.25) is 15.9 Å². The molecule has 2 fully saturated rings. The molecule has 0 aromatic carbocycles. The van der Waals surface area contributed by atoms with Gasteiger partial charge in [0.15, 0.2) is 0 Å². The van der Waals surface area contributed by atoms with Crippen molar-refractivity contribution in [3.05, 3.63) is 0 Å². The molecule has 0 aliphatic carbocycles.